The first-order chi connectivity index (χ1) is 9.96. The first-order valence-corrected chi connectivity index (χ1v) is 7.02. The van der Waals surface area contributed by atoms with Gasteiger partial charge < -0.3 is 10.1 Å². The molecule has 1 aromatic carbocycles. The third-order valence-corrected chi connectivity index (χ3v) is 2.75. The molecule has 0 saturated heterocycles. The quantitative estimate of drug-likeness (QED) is 0.846. The second-order valence-corrected chi connectivity index (χ2v) is 5.77. The van der Waals surface area contributed by atoms with Crippen molar-refractivity contribution in [1.82, 2.24) is 15.5 Å². The Hall–Kier alpha value is -2.30. The Morgan fingerprint density at radius 2 is 2.14 bits per heavy atom. The van der Waals surface area contributed by atoms with Crippen molar-refractivity contribution in [3.8, 4) is 0 Å². The fraction of sp³-hybridized carbons (Fsp3) is 0.375. The highest BCUT2D eigenvalue weighted by atomic mass is 16.6. The van der Waals surface area contributed by atoms with Gasteiger partial charge in [0.1, 0.15) is 5.60 Å². The number of amides is 1. The van der Waals surface area contributed by atoms with Crippen LogP contribution in [-0.2, 0) is 4.74 Å². The van der Waals surface area contributed by atoms with Gasteiger partial charge in [0.25, 0.3) is 0 Å². The largest absolute Gasteiger partial charge is 0.444 e. The number of aromatic amines is 1. The summed E-state index contributed by atoms with van der Waals surface area (Å²) in [5.41, 5.74) is 1.46. The van der Waals surface area contributed by atoms with Gasteiger partial charge in [0.2, 0.25) is 0 Å². The van der Waals surface area contributed by atoms with Crippen LogP contribution in [0.5, 0.6) is 0 Å². The zero-order chi connectivity index (χ0) is 15.3. The van der Waals surface area contributed by atoms with Crippen LogP contribution in [0.1, 0.15) is 32.9 Å². The van der Waals surface area contributed by atoms with Gasteiger partial charge >= 0.3 is 6.09 Å². The number of hydrogen-bond acceptors (Lipinski definition) is 3. The molecule has 0 aliphatic heterocycles. The summed E-state index contributed by atoms with van der Waals surface area (Å²) >= 11 is 0. The van der Waals surface area contributed by atoms with E-state index < -0.39 is 5.60 Å². The number of rotatable bonds is 4. The van der Waals surface area contributed by atoms with E-state index in [-0.39, 0.29) is 6.09 Å². The van der Waals surface area contributed by atoms with E-state index in [1.807, 2.05) is 57.2 Å². The van der Waals surface area contributed by atoms with Gasteiger partial charge in [-0.3, -0.25) is 5.10 Å². The lowest BCUT2D eigenvalue weighted by atomic mass is 10.2. The molecule has 2 N–H and O–H groups in total. The Kier molecular flexibility index (Phi) is 4.62. The number of hydrogen-bond donors (Lipinski definition) is 2. The van der Waals surface area contributed by atoms with Crippen LogP contribution in [0.4, 0.5) is 4.79 Å². The summed E-state index contributed by atoms with van der Waals surface area (Å²) < 4.78 is 5.16. The number of carbonyl (C=O) groups excluding carboxylic acids is 1. The lowest BCUT2D eigenvalue weighted by Gasteiger charge is -2.19. The number of carbonyl (C=O) groups is 1. The maximum atomic E-state index is 11.5. The minimum Gasteiger partial charge on any atom is -0.444 e. The van der Waals surface area contributed by atoms with Gasteiger partial charge in [-0.05, 0) is 39.3 Å². The van der Waals surface area contributed by atoms with Crippen molar-refractivity contribution in [2.45, 2.75) is 32.8 Å². The molecule has 5 heteroatoms. The molecule has 0 aliphatic rings. The first-order valence-electron chi connectivity index (χ1n) is 7.02. The molecule has 2 aromatic rings. The van der Waals surface area contributed by atoms with Gasteiger partial charge in [-0.25, -0.2) is 4.79 Å². The fourth-order valence-electron chi connectivity index (χ4n) is 1.88. The molecule has 0 fully saturated rings. The molecule has 0 atom stereocenters. The molecule has 0 bridgehead atoms. The average Bonchev–Trinajstić information content (AvgIpc) is 2.80. The van der Waals surface area contributed by atoms with E-state index in [2.05, 4.69) is 15.5 Å². The highest BCUT2D eigenvalue weighted by Crippen LogP contribution is 2.16. The van der Waals surface area contributed by atoms with E-state index in [0.717, 1.165) is 23.0 Å². The summed E-state index contributed by atoms with van der Waals surface area (Å²) in [7, 11) is 0. The molecule has 5 nitrogen and oxygen atoms in total. The number of nitrogens with one attached hydrogen (secondary N) is 2. The van der Waals surface area contributed by atoms with Gasteiger partial charge in [0, 0.05) is 11.9 Å². The number of aromatic nitrogens is 2. The lowest BCUT2D eigenvalue weighted by molar-refractivity contribution is 0.0529. The van der Waals surface area contributed by atoms with E-state index in [1.54, 1.807) is 0 Å². The standard InChI is InChI=1S/C16H21N3O2/c1-16(2,3)21-15(20)17-11-7-6-10-14-12-8-4-5-9-13(12)18-19-14/h4-6,8-10H,7,11H2,1-3H3,(H,17,20)(H,18,19). The van der Waals surface area contributed by atoms with E-state index in [0.29, 0.717) is 6.54 Å². The van der Waals surface area contributed by atoms with E-state index in [1.165, 1.54) is 0 Å². The smallest absolute Gasteiger partial charge is 0.407 e. The molecular formula is C16H21N3O2. The van der Waals surface area contributed by atoms with Crippen LogP contribution >= 0.6 is 0 Å². The van der Waals surface area contributed by atoms with Crippen LogP contribution in [0.25, 0.3) is 17.0 Å². The molecule has 0 unspecified atom stereocenters. The lowest BCUT2D eigenvalue weighted by Crippen LogP contribution is -2.32. The Labute approximate surface area is 124 Å². The molecule has 1 amide bonds. The van der Waals surface area contributed by atoms with Crippen molar-refractivity contribution in [2.24, 2.45) is 0 Å². The van der Waals surface area contributed by atoms with Gasteiger partial charge in [-0.2, -0.15) is 5.10 Å². The molecule has 21 heavy (non-hydrogen) atoms. The fourth-order valence-corrected chi connectivity index (χ4v) is 1.88. The summed E-state index contributed by atoms with van der Waals surface area (Å²) in [5.74, 6) is 0. The van der Waals surface area contributed by atoms with E-state index in [4.69, 9.17) is 4.74 Å². The van der Waals surface area contributed by atoms with Crippen molar-refractivity contribution in [2.75, 3.05) is 6.54 Å². The van der Waals surface area contributed by atoms with Crippen molar-refractivity contribution >= 4 is 23.1 Å². The maximum Gasteiger partial charge on any atom is 0.407 e. The van der Waals surface area contributed by atoms with E-state index >= 15 is 0 Å². The second-order valence-electron chi connectivity index (χ2n) is 5.77. The van der Waals surface area contributed by atoms with Gasteiger partial charge in [0.15, 0.2) is 0 Å². The monoisotopic (exact) mass is 287 g/mol. The normalized spacial score (nSPS) is 12.0. The van der Waals surface area contributed by atoms with Gasteiger partial charge in [0.05, 0.1) is 11.2 Å². The minimum absolute atomic E-state index is 0.386. The average molecular weight is 287 g/mol. The summed E-state index contributed by atoms with van der Waals surface area (Å²) in [5, 5.41) is 11.0. The minimum atomic E-state index is -0.464. The molecule has 0 saturated carbocycles. The Morgan fingerprint density at radius 1 is 1.38 bits per heavy atom. The summed E-state index contributed by atoms with van der Waals surface area (Å²) in [6, 6.07) is 7.94. The predicted octanol–water partition coefficient (Wildman–Crippen LogP) is 3.49. The molecule has 0 aliphatic carbocycles. The number of nitrogens with zero attached hydrogens (tertiary/aromatic N) is 1. The number of H-pyrrole nitrogens is 1. The van der Waals surface area contributed by atoms with Crippen LogP contribution in [0.2, 0.25) is 0 Å². The molecule has 0 spiro atoms. The number of fused-ring (bicyclic) bond motifs is 1. The van der Waals surface area contributed by atoms with Crippen LogP contribution in [-0.4, -0.2) is 28.4 Å². The Balaban J connectivity index is 1.80. The van der Waals surface area contributed by atoms with Crippen molar-refractivity contribution in [3.05, 3.63) is 36.0 Å². The van der Waals surface area contributed by atoms with Crippen LogP contribution in [0, 0.1) is 0 Å². The number of alkyl carbamates (subject to hydrolysis) is 1. The predicted molar refractivity (Wildman–Crippen MR) is 84.0 cm³/mol. The molecular weight excluding hydrogens is 266 g/mol. The van der Waals surface area contributed by atoms with Gasteiger partial charge in [-0.15, -0.1) is 0 Å². The summed E-state index contributed by atoms with van der Waals surface area (Å²) in [6.45, 7) is 6.07. The van der Waals surface area contributed by atoms with Crippen molar-refractivity contribution in [3.63, 3.8) is 0 Å². The topological polar surface area (TPSA) is 67.0 Å². The zero-order valence-corrected chi connectivity index (χ0v) is 12.6. The second kappa shape index (κ2) is 6.43. The third-order valence-electron chi connectivity index (χ3n) is 2.75. The zero-order valence-electron chi connectivity index (χ0n) is 12.6. The number of benzene rings is 1. The Bertz CT molecular complexity index is 638. The van der Waals surface area contributed by atoms with Crippen molar-refractivity contribution in [1.29, 1.82) is 0 Å². The third kappa shape index (κ3) is 4.63. The van der Waals surface area contributed by atoms with Crippen LogP contribution in [0.15, 0.2) is 30.3 Å². The maximum absolute atomic E-state index is 11.5. The van der Waals surface area contributed by atoms with Crippen LogP contribution < -0.4 is 5.32 Å². The molecule has 1 aromatic heterocycles. The molecule has 0 radical (unpaired) electrons. The summed E-state index contributed by atoms with van der Waals surface area (Å²) in [6.07, 6.45) is 4.32. The van der Waals surface area contributed by atoms with Crippen LogP contribution in [0.3, 0.4) is 0 Å². The van der Waals surface area contributed by atoms with Gasteiger partial charge in [-0.1, -0.05) is 24.3 Å². The van der Waals surface area contributed by atoms with E-state index in [9.17, 15) is 4.79 Å². The first kappa shape index (κ1) is 15.1. The highest BCUT2D eigenvalue weighted by Gasteiger charge is 2.15. The summed E-state index contributed by atoms with van der Waals surface area (Å²) in [4.78, 5) is 11.5. The Morgan fingerprint density at radius 3 is 2.90 bits per heavy atom. The SMILES string of the molecule is CC(C)(C)OC(=O)NCCC=Cc1[nH]nc2ccccc12. The molecule has 112 valence electrons. The van der Waals surface area contributed by atoms with Crippen molar-refractivity contribution < 1.29 is 9.53 Å². The number of para-hydroxylation sites is 1. The molecule has 2 rings (SSSR count). The molecule has 1 heterocycles. The highest BCUT2D eigenvalue weighted by molar-refractivity contribution is 5.86. The number of ether oxygens (including phenoxy) is 1.